The molecule has 7 nitrogen and oxygen atoms in total. The summed E-state index contributed by atoms with van der Waals surface area (Å²) < 4.78 is 0. The van der Waals surface area contributed by atoms with Crippen LogP contribution < -0.4 is 16.4 Å². The number of fused-ring (bicyclic) bond motifs is 2. The molecule has 0 heterocycles. The molecule has 0 saturated heterocycles. The Hall–Kier alpha value is -2.15. The lowest BCUT2D eigenvalue weighted by molar-refractivity contribution is -0.384. The van der Waals surface area contributed by atoms with E-state index in [9.17, 15) is 14.9 Å². The molecule has 4 atom stereocenters. The number of nitro groups is 1. The van der Waals surface area contributed by atoms with Crippen molar-refractivity contribution in [2.45, 2.75) is 38.6 Å². The molecule has 4 N–H and O–H groups in total. The molecule has 3 rings (SSSR count). The van der Waals surface area contributed by atoms with Crippen molar-refractivity contribution in [3.63, 3.8) is 0 Å². The molecule has 2 bridgehead atoms. The van der Waals surface area contributed by atoms with Crippen LogP contribution in [0.5, 0.6) is 0 Å². The molecule has 2 fully saturated rings. The minimum atomic E-state index is -0.381. The van der Waals surface area contributed by atoms with Gasteiger partial charge in [-0.3, -0.25) is 14.9 Å². The van der Waals surface area contributed by atoms with Crippen molar-refractivity contribution in [3.8, 4) is 0 Å². The van der Waals surface area contributed by atoms with Crippen LogP contribution in [0.3, 0.4) is 0 Å². The van der Waals surface area contributed by atoms with Crippen LogP contribution in [0, 0.1) is 34.8 Å². The average molecular weight is 346 g/mol. The Morgan fingerprint density at radius 1 is 1.32 bits per heavy atom. The largest absolute Gasteiger partial charge is 0.379 e. The third-order valence-electron chi connectivity index (χ3n) is 5.60. The van der Waals surface area contributed by atoms with Gasteiger partial charge in [0.2, 0.25) is 5.91 Å². The van der Waals surface area contributed by atoms with Gasteiger partial charge in [0, 0.05) is 25.2 Å². The molecule has 4 unspecified atom stereocenters. The van der Waals surface area contributed by atoms with Crippen LogP contribution in [0.1, 0.15) is 31.2 Å². The second-order valence-corrected chi connectivity index (χ2v) is 7.29. The van der Waals surface area contributed by atoms with Crippen LogP contribution in [0.4, 0.5) is 11.4 Å². The van der Waals surface area contributed by atoms with Crippen LogP contribution in [0.2, 0.25) is 0 Å². The zero-order valence-corrected chi connectivity index (χ0v) is 14.5. The minimum absolute atomic E-state index is 0.00656. The summed E-state index contributed by atoms with van der Waals surface area (Å²) in [6.45, 7) is 2.94. The number of carbonyl (C=O) groups is 1. The predicted octanol–water partition coefficient (Wildman–Crippen LogP) is 2.19. The van der Waals surface area contributed by atoms with E-state index in [0.717, 1.165) is 24.8 Å². The first-order valence-corrected chi connectivity index (χ1v) is 8.99. The molecule has 7 heteroatoms. The molecule has 25 heavy (non-hydrogen) atoms. The van der Waals surface area contributed by atoms with Gasteiger partial charge in [0.1, 0.15) is 5.69 Å². The van der Waals surface area contributed by atoms with Gasteiger partial charge in [-0.1, -0.05) is 6.07 Å². The average Bonchev–Trinajstić information content (AvgIpc) is 3.16. The number of nitrogens with two attached hydrogens (primary N) is 1. The zero-order valence-electron chi connectivity index (χ0n) is 14.5. The molecule has 0 aromatic heterocycles. The number of rotatable bonds is 7. The second-order valence-electron chi connectivity index (χ2n) is 7.29. The van der Waals surface area contributed by atoms with Crippen LogP contribution in [-0.2, 0) is 4.79 Å². The van der Waals surface area contributed by atoms with Crippen LogP contribution >= 0.6 is 0 Å². The fourth-order valence-corrected chi connectivity index (χ4v) is 4.31. The third-order valence-corrected chi connectivity index (χ3v) is 5.60. The molecule has 2 saturated carbocycles. The molecule has 2 aliphatic carbocycles. The number of benzene rings is 1. The number of anilines is 1. The monoisotopic (exact) mass is 346 g/mol. The molecule has 0 radical (unpaired) electrons. The topological polar surface area (TPSA) is 110 Å². The van der Waals surface area contributed by atoms with E-state index in [4.69, 9.17) is 5.73 Å². The van der Waals surface area contributed by atoms with E-state index in [2.05, 4.69) is 10.6 Å². The summed E-state index contributed by atoms with van der Waals surface area (Å²) in [5.74, 6) is 1.00. The number of amides is 1. The highest BCUT2D eigenvalue weighted by molar-refractivity contribution is 5.80. The van der Waals surface area contributed by atoms with E-state index in [1.165, 1.54) is 0 Å². The van der Waals surface area contributed by atoms with Crippen molar-refractivity contribution in [2.24, 2.45) is 23.5 Å². The molecule has 2 aliphatic rings. The zero-order chi connectivity index (χ0) is 18.0. The fraction of sp³-hybridized carbons (Fsp3) is 0.611. The fourth-order valence-electron chi connectivity index (χ4n) is 4.31. The molecule has 1 aromatic carbocycles. The van der Waals surface area contributed by atoms with E-state index in [1.807, 2.05) is 13.0 Å². The number of aryl methyl sites for hydroxylation is 1. The summed E-state index contributed by atoms with van der Waals surface area (Å²) in [7, 11) is 0. The number of nitrogens with one attached hydrogen (secondary N) is 2. The first kappa shape index (κ1) is 17.7. The summed E-state index contributed by atoms with van der Waals surface area (Å²) in [5.41, 5.74) is 7.64. The van der Waals surface area contributed by atoms with Crippen molar-refractivity contribution >= 4 is 17.3 Å². The summed E-state index contributed by atoms with van der Waals surface area (Å²) in [4.78, 5) is 23.1. The van der Waals surface area contributed by atoms with Gasteiger partial charge < -0.3 is 16.4 Å². The Morgan fingerprint density at radius 3 is 2.76 bits per heavy atom. The van der Waals surface area contributed by atoms with Crippen molar-refractivity contribution in [2.75, 3.05) is 18.4 Å². The first-order chi connectivity index (χ1) is 12.0. The van der Waals surface area contributed by atoms with Gasteiger partial charge in [-0.2, -0.15) is 0 Å². The van der Waals surface area contributed by atoms with E-state index in [1.54, 1.807) is 12.1 Å². The minimum Gasteiger partial charge on any atom is -0.379 e. The maximum Gasteiger partial charge on any atom is 0.292 e. The van der Waals surface area contributed by atoms with Gasteiger partial charge >= 0.3 is 0 Å². The molecule has 1 amide bonds. The standard InChI is InChI=1S/C18H26N4O3/c1-11-3-6-14(15(9-11)22(24)25)20-7-2-8-21-18(23)16-12-4-5-13(10-12)17(16)19/h3,6,9,12-13,16-17,20H,2,4-5,7-8,10,19H2,1H3,(H,21,23). The Bertz CT molecular complexity index is 662. The molecule has 0 aliphatic heterocycles. The Labute approximate surface area is 147 Å². The highest BCUT2D eigenvalue weighted by Crippen LogP contribution is 2.47. The lowest BCUT2D eigenvalue weighted by atomic mass is 9.84. The lowest BCUT2D eigenvalue weighted by Crippen LogP contribution is -2.45. The van der Waals surface area contributed by atoms with Crippen molar-refractivity contribution in [1.82, 2.24) is 5.32 Å². The Morgan fingerprint density at radius 2 is 2.08 bits per heavy atom. The lowest BCUT2D eigenvalue weighted by Gasteiger charge is -2.27. The second kappa shape index (κ2) is 7.39. The number of nitro benzene ring substituents is 1. The number of nitrogens with zero attached hydrogens (tertiary/aromatic N) is 1. The van der Waals surface area contributed by atoms with E-state index < -0.39 is 0 Å². The predicted molar refractivity (Wildman–Crippen MR) is 96.2 cm³/mol. The summed E-state index contributed by atoms with van der Waals surface area (Å²) in [6.07, 6.45) is 4.08. The molecular weight excluding hydrogens is 320 g/mol. The number of hydrogen-bond donors (Lipinski definition) is 3. The quantitative estimate of drug-likeness (QED) is 0.398. The van der Waals surface area contributed by atoms with Gasteiger partial charge in [-0.15, -0.1) is 0 Å². The number of hydrogen-bond acceptors (Lipinski definition) is 5. The highest BCUT2D eigenvalue weighted by atomic mass is 16.6. The van der Waals surface area contributed by atoms with Crippen LogP contribution in [-0.4, -0.2) is 30.0 Å². The van der Waals surface area contributed by atoms with E-state index >= 15 is 0 Å². The maximum atomic E-state index is 12.4. The summed E-state index contributed by atoms with van der Waals surface area (Å²) >= 11 is 0. The van der Waals surface area contributed by atoms with E-state index in [-0.39, 0.29) is 28.5 Å². The van der Waals surface area contributed by atoms with Gasteiger partial charge in [-0.05, 0) is 56.1 Å². The van der Waals surface area contributed by atoms with Gasteiger partial charge in [0.25, 0.3) is 5.69 Å². The smallest absolute Gasteiger partial charge is 0.292 e. The van der Waals surface area contributed by atoms with E-state index in [0.29, 0.717) is 37.0 Å². The first-order valence-electron chi connectivity index (χ1n) is 8.99. The Kier molecular flexibility index (Phi) is 5.22. The maximum absolute atomic E-state index is 12.4. The molecule has 0 spiro atoms. The van der Waals surface area contributed by atoms with Gasteiger partial charge in [0.05, 0.1) is 10.8 Å². The normalized spacial score (nSPS) is 27.3. The van der Waals surface area contributed by atoms with Crippen LogP contribution in [0.25, 0.3) is 0 Å². The van der Waals surface area contributed by atoms with Crippen LogP contribution in [0.15, 0.2) is 18.2 Å². The van der Waals surface area contributed by atoms with Crippen molar-refractivity contribution < 1.29 is 9.72 Å². The highest BCUT2D eigenvalue weighted by Gasteiger charge is 2.48. The summed E-state index contributed by atoms with van der Waals surface area (Å²) in [5, 5.41) is 17.2. The number of carbonyl (C=O) groups excluding carboxylic acids is 1. The van der Waals surface area contributed by atoms with Gasteiger partial charge in [0.15, 0.2) is 0 Å². The third kappa shape index (κ3) is 3.76. The molecule has 1 aromatic rings. The van der Waals surface area contributed by atoms with Crippen molar-refractivity contribution in [3.05, 3.63) is 33.9 Å². The molecule has 136 valence electrons. The Balaban J connectivity index is 1.42. The van der Waals surface area contributed by atoms with Gasteiger partial charge in [-0.25, -0.2) is 0 Å². The molecular formula is C18H26N4O3. The van der Waals surface area contributed by atoms with Crippen molar-refractivity contribution in [1.29, 1.82) is 0 Å². The summed E-state index contributed by atoms with van der Waals surface area (Å²) in [6, 6.07) is 5.13. The SMILES string of the molecule is Cc1ccc(NCCCNC(=O)C2C3CCC(C3)C2N)c([N+](=O)[O-])c1.